The molecule has 1 saturated carbocycles. The van der Waals surface area contributed by atoms with Crippen LogP contribution in [-0.4, -0.2) is 37.3 Å². The number of amides is 1. The van der Waals surface area contributed by atoms with Crippen LogP contribution in [0.15, 0.2) is 54.8 Å². The lowest BCUT2D eigenvalue weighted by Crippen LogP contribution is -2.30. The highest BCUT2D eigenvalue weighted by Crippen LogP contribution is 2.56. The summed E-state index contributed by atoms with van der Waals surface area (Å²) >= 11 is 0. The molecule has 7 nitrogen and oxygen atoms in total. The molecule has 1 saturated heterocycles. The van der Waals surface area contributed by atoms with Crippen LogP contribution in [0, 0.1) is 18.2 Å². The Labute approximate surface area is 198 Å². The summed E-state index contributed by atoms with van der Waals surface area (Å²) in [6, 6.07) is 5.57. The third kappa shape index (κ3) is 4.58. The molecule has 3 aromatic heterocycles. The number of likely N-dealkylation sites (tertiary alicyclic amines) is 1. The highest BCUT2D eigenvalue weighted by atomic mass is 19.4. The van der Waals surface area contributed by atoms with Crippen molar-refractivity contribution in [3.63, 3.8) is 0 Å². The molecule has 180 valence electrons. The van der Waals surface area contributed by atoms with E-state index in [2.05, 4.69) is 25.3 Å². The predicted molar refractivity (Wildman–Crippen MR) is 118 cm³/mol. The second-order valence-electron chi connectivity index (χ2n) is 8.82. The largest absolute Gasteiger partial charge is 0.417 e. The van der Waals surface area contributed by atoms with Crippen molar-refractivity contribution in [2.75, 3.05) is 11.9 Å². The topological polar surface area (TPSA) is 83.9 Å². The van der Waals surface area contributed by atoms with E-state index >= 15 is 0 Å². The quantitative estimate of drug-likeness (QED) is 0.526. The number of halogens is 4. The van der Waals surface area contributed by atoms with Crippen LogP contribution in [0.25, 0.3) is 11.4 Å². The summed E-state index contributed by atoms with van der Waals surface area (Å²) in [4.78, 5) is 31.8. The molecule has 5 rings (SSSR count). The van der Waals surface area contributed by atoms with Gasteiger partial charge in [0.1, 0.15) is 5.69 Å². The Kier molecular flexibility index (Phi) is 5.49. The maximum absolute atomic E-state index is 14.3. The van der Waals surface area contributed by atoms with E-state index in [0.717, 1.165) is 12.8 Å². The van der Waals surface area contributed by atoms with Crippen molar-refractivity contribution in [1.82, 2.24) is 24.8 Å². The van der Waals surface area contributed by atoms with E-state index in [-0.39, 0.29) is 22.8 Å². The average Bonchev–Trinajstić information content (AvgIpc) is 3.49. The van der Waals surface area contributed by atoms with E-state index in [1.165, 1.54) is 6.20 Å². The lowest BCUT2D eigenvalue weighted by molar-refractivity contribution is -0.138. The van der Waals surface area contributed by atoms with Crippen molar-refractivity contribution in [1.29, 1.82) is 0 Å². The van der Waals surface area contributed by atoms with Gasteiger partial charge in [0.2, 0.25) is 0 Å². The minimum atomic E-state index is -4.70. The van der Waals surface area contributed by atoms with Gasteiger partial charge in [-0.15, -0.1) is 0 Å². The molecule has 4 heterocycles. The molecule has 1 aliphatic heterocycles. The molecule has 0 radical (unpaired) electrons. The maximum Gasteiger partial charge on any atom is 0.417 e. The summed E-state index contributed by atoms with van der Waals surface area (Å²) < 4.78 is 52.7. The van der Waals surface area contributed by atoms with E-state index in [0.29, 0.717) is 48.0 Å². The van der Waals surface area contributed by atoms with E-state index < -0.39 is 17.6 Å². The van der Waals surface area contributed by atoms with E-state index in [1.807, 2.05) is 0 Å². The lowest BCUT2D eigenvalue weighted by atomic mass is 10.1. The van der Waals surface area contributed by atoms with Crippen LogP contribution >= 0.6 is 0 Å². The number of carbonyl (C=O) groups is 1. The Morgan fingerprint density at radius 3 is 2.57 bits per heavy atom. The molecule has 0 bridgehead atoms. The number of allylic oxidation sites excluding steroid dienone is 1. The average molecular weight is 484 g/mol. The van der Waals surface area contributed by atoms with Gasteiger partial charge in [0, 0.05) is 42.7 Å². The number of aryl methyl sites for hydroxylation is 1. The number of hydrogen-bond acceptors (Lipinski definition) is 6. The zero-order valence-electron chi connectivity index (χ0n) is 18.6. The third-order valence-corrected chi connectivity index (χ3v) is 6.19. The monoisotopic (exact) mass is 484 g/mol. The van der Waals surface area contributed by atoms with Crippen LogP contribution in [0.2, 0.25) is 0 Å². The summed E-state index contributed by atoms with van der Waals surface area (Å²) in [5, 5.41) is 2.64. The fourth-order valence-electron chi connectivity index (χ4n) is 4.13. The Hall–Kier alpha value is -3.89. The summed E-state index contributed by atoms with van der Waals surface area (Å²) in [5.74, 6) is -1.49. The number of aromatic nitrogens is 4. The molecular weight excluding hydrogens is 464 g/mol. The molecule has 2 fully saturated rings. The highest BCUT2D eigenvalue weighted by molar-refractivity contribution is 5.99. The SMILES string of the molecule is Cc1ccc(-c2ncccn2)c(C(=O)N2CC3(CC3)C/C2=C\Nc2ncc(C(F)(F)F)cc2F)n1. The van der Waals surface area contributed by atoms with Crippen LogP contribution in [0.3, 0.4) is 0 Å². The van der Waals surface area contributed by atoms with Crippen molar-refractivity contribution in [3.05, 3.63) is 77.5 Å². The first-order valence-corrected chi connectivity index (χ1v) is 10.9. The lowest BCUT2D eigenvalue weighted by Gasteiger charge is -2.20. The summed E-state index contributed by atoms with van der Waals surface area (Å²) in [6.45, 7) is 2.24. The van der Waals surface area contributed by atoms with Gasteiger partial charge >= 0.3 is 6.18 Å². The first-order chi connectivity index (χ1) is 16.7. The number of hydrogen-bond donors (Lipinski definition) is 1. The molecule has 1 spiro atoms. The van der Waals surface area contributed by atoms with E-state index in [1.54, 1.807) is 42.4 Å². The number of alkyl halides is 3. The highest BCUT2D eigenvalue weighted by Gasteiger charge is 2.51. The summed E-state index contributed by atoms with van der Waals surface area (Å²) in [7, 11) is 0. The summed E-state index contributed by atoms with van der Waals surface area (Å²) in [6.07, 6.45) is 2.90. The molecule has 1 aliphatic carbocycles. The van der Waals surface area contributed by atoms with Gasteiger partial charge in [-0.3, -0.25) is 4.79 Å². The van der Waals surface area contributed by atoms with Crippen molar-refractivity contribution in [2.45, 2.75) is 32.4 Å². The molecule has 1 amide bonds. The Morgan fingerprint density at radius 1 is 1.17 bits per heavy atom. The molecular formula is C24H20F4N6O. The minimum absolute atomic E-state index is 0.0531. The van der Waals surface area contributed by atoms with Gasteiger partial charge in [-0.25, -0.2) is 24.3 Å². The molecule has 2 aliphatic rings. The van der Waals surface area contributed by atoms with Crippen LogP contribution in [0.4, 0.5) is 23.4 Å². The molecule has 0 aromatic carbocycles. The van der Waals surface area contributed by atoms with Crippen LogP contribution in [0.5, 0.6) is 0 Å². The van der Waals surface area contributed by atoms with Gasteiger partial charge in [0.25, 0.3) is 5.91 Å². The third-order valence-electron chi connectivity index (χ3n) is 6.19. The van der Waals surface area contributed by atoms with Crippen LogP contribution in [0.1, 0.15) is 41.0 Å². The number of anilines is 1. The molecule has 11 heteroatoms. The van der Waals surface area contributed by atoms with Gasteiger partial charge < -0.3 is 10.2 Å². The Balaban J connectivity index is 1.46. The molecule has 3 aromatic rings. The van der Waals surface area contributed by atoms with Gasteiger partial charge in [-0.1, -0.05) is 0 Å². The second-order valence-corrected chi connectivity index (χ2v) is 8.82. The predicted octanol–water partition coefficient (Wildman–Crippen LogP) is 4.98. The normalized spacial score (nSPS) is 17.7. The van der Waals surface area contributed by atoms with E-state index in [9.17, 15) is 22.4 Å². The van der Waals surface area contributed by atoms with Gasteiger partial charge in [0.15, 0.2) is 17.5 Å². The number of carbonyl (C=O) groups excluding carboxylic acids is 1. The fraction of sp³-hybridized carbons (Fsp3) is 0.292. The van der Waals surface area contributed by atoms with E-state index in [4.69, 9.17) is 0 Å². The fourth-order valence-corrected chi connectivity index (χ4v) is 4.13. The number of nitrogens with zero attached hydrogens (tertiary/aromatic N) is 5. The van der Waals surface area contributed by atoms with Crippen LogP contribution < -0.4 is 5.32 Å². The maximum atomic E-state index is 14.3. The van der Waals surface area contributed by atoms with Crippen molar-refractivity contribution in [3.8, 4) is 11.4 Å². The van der Waals surface area contributed by atoms with Crippen LogP contribution in [-0.2, 0) is 6.18 Å². The number of pyridine rings is 2. The minimum Gasteiger partial charge on any atom is -0.342 e. The number of nitrogens with one attached hydrogen (secondary N) is 1. The zero-order chi connectivity index (χ0) is 24.8. The standard InChI is InChI=1S/C24H20F4N6O/c1-14-3-4-17(20-29-7-2-8-30-20)19(33-14)22(35)34-13-23(5-6-23)10-16(34)12-32-21-18(25)9-15(11-31-21)24(26,27)28/h2-4,7-9,11-12H,5-6,10,13H2,1H3,(H,31,32)/b16-12+. The zero-order valence-corrected chi connectivity index (χ0v) is 18.6. The Bertz CT molecular complexity index is 1320. The van der Waals surface area contributed by atoms with Crippen molar-refractivity contribution < 1.29 is 22.4 Å². The molecule has 1 N–H and O–H groups in total. The smallest absolute Gasteiger partial charge is 0.342 e. The molecule has 35 heavy (non-hydrogen) atoms. The first-order valence-electron chi connectivity index (χ1n) is 10.9. The summed E-state index contributed by atoms with van der Waals surface area (Å²) in [5.41, 5.74) is 0.677. The van der Waals surface area contributed by atoms with Gasteiger partial charge in [-0.2, -0.15) is 13.2 Å². The second kappa shape index (κ2) is 8.40. The Morgan fingerprint density at radius 2 is 1.91 bits per heavy atom. The molecule has 0 unspecified atom stereocenters. The van der Waals surface area contributed by atoms with Gasteiger partial charge in [-0.05, 0) is 55.9 Å². The number of rotatable bonds is 4. The van der Waals surface area contributed by atoms with Crippen molar-refractivity contribution >= 4 is 11.7 Å². The van der Waals surface area contributed by atoms with Crippen molar-refractivity contribution in [2.24, 2.45) is 5.41 Å². The van der Waals surface area contributed by atoms with Gasteiger partial charge in [0.05, 0.1) is 11.1 Å². The molecule has 0 atom stereocenters. The first kappa shape index (κ1) is 22.9.